The molecule has 0 bridgehead atoms. The highest BCUT2D eigenvalue weighted by molar-refractivity contribution is 5.82. The van der Waals surface area contributed by atoms with Crippen molar-refractivity contribution in [2.75, 3.05) is 13.2 Å². The standard InChI is InChI=1S/C12H24N2O3/c1-9(2)16-7-11(15)8-17-14-12(13)10-5-3-4-6-10/h9-11,15H,3-8H2,1-2H3,(H2,13,14). The molecule has 5 heteroatoms. The van der Waals surface area contributed by atoms with Gasteiger partial charge in [0.2, 0.25) is 0 Å². The summed E-state index contributed by atoms with van der Waals surface area (Å²) in [6.07, 6.45) is 4.07. The second-order valence-corrected chi connectivity index (χ2v) is 4.83. The van der Waals surface area contributed by atoms with Gasteiger partial charge in [0.1, 0.15) is 18.5 Å². The molecule has 0 aromatic rings. The van der Waals surface area contributed by atoms with Gasteiger partial charge in [0.25, 0.3) is 0 Å². The molecule has 1 rings (SSSR count). The predicted octanol–water partition coefficient (Wildman–Crippen LogP) is 1.25. The van der Waals surface area contributed by atoms with Gasteiger partial charge in [-0.25, -0.2) is 0 Å². The van der Waals surface area contributed by atoms with E-state index >= 15 is 0 Å². The van der Waals surface area contributed by atoms with Crippen LogP contribution in [0.2, 0.25) is 0 Å². The minimum Gasteiger partial charge on any atom is -0.392 e. The van der Waals surface area contributed by atoms with Crippen LogP contribution in [0.15, 0.2) is 5.16 Å². The maximum atomic E-state index is 9.52. The smallest absolute Gasteiger partial charge is 0.145 e. The lowest BCUT2D eigenvalue weighted by molar-refractivity contribution is -0.0348. The quantitative estimate of drug-likeness (QED) is 0.401. The van der Waals surface area contributed by atoms with Crippen LogP contribution in [0.25, 0.3) is 0 Å². The summed E-state index contributed by atoms with van der Waals surface area (Å²) in [7, 11) is 0. The number of amidine groups is 1. The Morgan fingerprint density at radius 2 is 2.00 bits per heavy atom. The lowest BCUT2D eigenvalue weighted by Crippen LogP contribution is -2.25. The van der Waals surface area contributed by atoms with Gasteiger partial charge in [-0.2, -0.15) is 0 Å². The summed E-state index contributed by atoms with van der Waals surface area (Å²) in [6.45, 7) is 4.23. The molecule has 1 aliphatic carbocycles. The Balaban J connectivity index is 2.14. The van der Waals surface area contributed by atoms with E-state index in [1.165, 1.54) is 12.8 Å². The number of nitrogens with zero attached hydrogens (tertiary/aromatic N) is 1. The number of hydrogen-bond acceptors (Lipinski definition) is 4. The van der Waals surface area contributed by atoms with Crippen LogP contribution in [-0.4, -0.2) is 36.4 Å². The van der Waals surface area contributed by atoms with Crippen molar-refractivity contribution in [2.24, 2.45) is 16.8 Å². The van der Waals surface area contributed by atoms with Crippen molar-refractivity contribution in [1.82, 2.24) is 0 Å². The summed E-state index contributed by atoms with van der Waals surface area (Å²) in [5, 5.41) is 13.4. The van der Waals surface area contributed by atoms with Gasteiger partial charge < -0.3 is 20.4 Å². The molecule has 0 aromatic carbocycles. The summed E-state index contributed by atoms with van der Waals surface area (Å²) in [4.78, 5) is 5.03. The second kappa shape index (κ2) is 7.50. The molecular weight excluding hydrogens is 220 g/mol. The highest BCUT2D eigenvalue weighted by Gasteiger charge is 2.19. The number of rotatable bonds is 7. The Labute approximate surface area is 103 Å². The highest BCUT2D eigenvalue weighted by atomic mass is 16.6. The molecule has 17 heavy (non-hydrogen) atoms. The molecule has 0 amide bonds. The van der Waals surface area contributed by atoms with Gasteiger partial charge in [-0.05, 0) is 26.7 Å². The first kappa shape index (κ1) is 14.3. The largest absolute Gasteiger partial charge is 0.392 e. The van der Waals surface area contributed by atoms with Crippen LogP contribution < -0.4 is 5.73 Å². The molecule has 0 radical (unpaired) electrons. The number of nitrogens with two attached hydrogens (primary N) is 1. The Hall–Kier alpha value is -0.810. The fourth-order valence-electron chi connectivity index (χ4n) is 1.85. The molecule has 1 fully saturated rings. The molecule has 1 unspecified atom stereocenters. The van der Waals surface area contributed by atoms with Gasteiger partial charge in [-0.15, -0.1) is 0 Å². The molecule has 100 valence electrons. The van der Waals surface area contributed by atoms with Crippen LogP contribution in [0.5, 0.6) is 0 Å². The Kier molecular flexibility index (Phi) is 6.29. The van der Waals surface area contributed by atoms with E-state index in [0.717, 1.165) is 12.8 Å². The SMILES string of the molecule is CC(C)OCC(O)CON=C(N)C1CCCC1. The van der Waals surface area contributed by atoms with E-state index in [9.17, 15) is 5.11 Å². The van der Waals surface area contributed by atoms with Crippen molar-refractivity contribution in [3.8, 4) is 0 Å². The Morgan fingerprint density at radius 3 is 2.59 bits per heavy atom. The first-order chi connectivity index (χ1) is 8.09. The van der Waals surface area contributed by atoms with Crippen LogP contribution in [0.1, 0.15) is 39.5 Å². The topological polar surface area (TPSA) is 77.1 Å². The average molecular weight is 244 g/mol. The monoisotopic (exact) mass is 244 g/mol. The van der Waals surface area contributed by atoms with Gasteiger partial charge in [-0.1, -0.05) is 18.0 Å². The van der Waals surface area contributed by atoms with Crippen LogP contribution in [0, 0.1) is 5.92 Å². The first-order valence-corrected chi connectivity index (χ1v) is 6.34. The maximum absolute atomic E-state index is 9.52. The fraction of sp³-hybridized carbons (Fsp3) is 0.917. The van der Waals surface area contributed by atoms with E-state index in [1.807, 2.05) is 13.8 Å². The van der Waals surface area contributed by atoms with Gasteiger partial charge in [0.15, 0.2) is 0 Å². The zero-order chi connectivity index (χ0) is 12.7. The predicted molar refractivity (Wildman–Crippen MR) is 66.6 cm³/mol. The van der Waals surface area contributed by atoms with Gasteiger partial charge in [0.05, 0.1) is 12.7 Å². The minimum atomic E-state index is -0.655. The van der Waals surface area contributed by atoms with Crippen LogP contribution in [0.4, 0.5) is 0 Å². The average Bonchev–Trinajstić information content (AvgIpc) is 2.79. The van der Waals surface area contributed by atoms with Gasteiger partial charge >= 0.3 is 0 Å². The van der Waals surface area contributed by atoms with Crippen molar-refractivity contribution in [3.63, 3.8) is 0 Å². The number of aliphatic hydroxyl groups excluding tert-OH is 1. The molecule has 5 nitrogen and oxygen atoms in total. The Bertz CT molecular complexity index is 238. The molecule has 1 aliphatic rings. The summed E-state index contributed by atoms with van der Waals surface area (Å²) < 4.78 is 5.25. The van der Waals surface area contributed by atoms with Gasteiger partial charge in [0, 0.05) is 5.92 Å². The van der Waals surface area contributed by atoms with Crippen molar-refractivity contribution in [2.45, 2.75) is 51.7 Å². The molecule has 1 saturated carbocycles. The highest BCUT2D eigenvalue weighted by Crippen LogP contribution is 2.24. The van der Waals surface area contributed by atoms with Crippen molar-refractivity contribution in [1.29, 1.82) is 0 Å². The molecule has 0 saturated heterocycles. The third-order valence-corrected chi connectivity index (χ3v) is 2.83. The third kappa shape index (κ3) is 5.89. The van der Waals surface area contributed by atoms with Crippen LogP contribution in [-0.2, 0) is 9.57 Å². The molecular formula is C12H24N2O3. The van der Waals surface area contributed by atoms with E-state index in [0.29, 0.717) is 11.8 Å². The molecule has 0 aromatic heterocycles. The molecule has 3 N–H and O–H groups in total. The maximum Gasteiger partial charge on any atom is 0.145 e. The molecule has 0 aliphatic heterocycles. The van der Waals surface area contributed by atoms with E-state index in [1.54, 1.807) is 0 Å². The normalized spacial score (nSPS) is 19.9. The van der Waals surface area contributed by atoms with E-state index in [-0.39, 0.29) is 19.3 Å². The van der Waals surface area contributed by atoms with E-state index < -0.39 is 6.10 Å². The van der Waals surface area contributed by atoms with Crippen LogP contribution >= 0.6 is 0 Å². The first-order valence-electron chi connectivity index (χ1n) is 6.34. The summed E-state index contributed by atoms with van der Waals surface area (Å²) >= 11 is 0. The number of oxime groups is 1. The second-order valence-electron chi connectivity index (χ2n) is 4.83. The molecule has 0 heterocycles. The zero-order valence-corrected chi connectivity index (χ0v) is 10.8. The minimum absolute atomic E-state index is 0.108. The summed E-state index contributed by atoms with van der Waals surface area (Å²) in [5.41, 5.74) is 5.80. The fourth-order valence-corrected chi connectivity index (χ4v) is 1.85. The summed E-state index contributed by atoms with van der Waals surface area (Å²) in [5.74, 6) is 0.915. The third-order valence-electron chi connectivity index (χ3n) is 2.83. The van der Waals surface area contributed by atoms with Crippen molar-refractivity contribution >= 4 is 5.84 Å². The number of ether oxygens (including phenoxy) is 1. The lowest BCUT2D eigenvalue weighted by atomic mass is 10.1. The van der Waals surface area contributed by atoms with Crippen molar-refractivity contribution in [3.05, 3.63) is 0 Å². The number of hydrogen-bond donors (Lipinski definition) is 2. The van der Waals surface area contributed by atoms with E-state index in [4.69, 9.17) is 15.3 Å². The number of aliphatic hydroxyl groups is 1. The molecule has 0 spiro atoms. The lowest BCUT2D eigenvalue weighted by Gasteiger charge is -2.13. The molecule has 1 atom stereocenters. The summed E-state index contributed by atoms with van der Waals surface area (Å²) in [6, 6.07) is 0. The zero-order valence-electron chi connectivity index (χ0n) is 10.8. The Morgan fingerprint density at radius 1 is 1.35 bits per heavy atom. The van der Waals surface area contributed by atoms with Crippen molar-refractivity contribution < 1.29 is 14.7 Å². The van der Waals surface area contributed by atoms with E-state index in [2.05, 4.69) is 5.16 Å². The van der Waals surface area contributed by atoms with Crippen LogP contribution in [0.3, 0.4) is 0 Å². The van der Waals surface area contributed by atoms with Gasteiger partial charge in [-0.3, -0.25) is 0 Å².